The Labute approximate surface area is 136 Å². The zero-order valence-electron chi connectivity index (χ0n) is 12.7. The fourth-order valence-electron chi connectivity index (χ4n) is 2.92. The molecule has 3 aromatic rings. The molecule has 2 heteroatoms. The Morgan fingerprint density at radius 1 is 0.818 bits per heavy atom. The van der Waals surface area contributed by atoms with Crippen molar-refractivity contribution in [2.45, 2.75) is 11.3 Å². The lowest BCUT2D eigenvalue weighted by Crippen LogP contribution is -2.21. The zero-order chi connectivity index (χ0) is 15.4. The summed E-state index contributed by atoms with van der Waals surface area (Å²) < 4.78 is 0. The van der Waals surface area contributed by atoms with Crippen LogP contribution in [0.2, 0.25) is 0 Å². The monoisotopic (exact) mass is 309 g/mol. The second-order valence-corrected chi connectivity index (χ2v) is 6.05. The van der Waals surface area contributed by atoms with E-state index in [0.717, 1.165) is 12.1 Å². The van der Waals surface area contributed by atoms with Crippen LogP contribution < -0.4 is 5.32 Å². The van der Waals surface area contributed by atoms with E-state index in [1.807, 2.05) is 25.2 Å². The Bertz CT molecular complexity index is 739. The van der Waals surface area contributed by atoms with Gasteiger partial charge in [0.2, 0.25) is 0 Å². The summed E-state index contributed by atoms with van der Waals surface area (Å²) in [6.45, 7) is 0.849. The highest BCUT2D eigenvalue weighted by atomic mass is 35.5. The van der Waals surface area contributed by atoms with Gasteiger partial charge in [-0.1, -0.05) is 72.8 Å². The smallest absolute Gasteiger partial charge is 0.0665 e. The number of alkyl halides is 1. The van der Waals surface area contributed by atoms with Gasteiger partial charge in [0.1, 0.15) is 0 Å². The molecule has 0 radical (unpaired) electrons. The van der Waals surface area contributed by atoms with Gasteiger partial charge in [-0.3, -0.25) is 0 Å². The van der Waals surface area contributed by atoms with Gasteiger partial charge in [0.15, 0.2) is 0 Å². The summed E-state index contributed by atoms with van der Waals surface area (Å²) in [6, 6.07) is 25.4. The maximum absolute atomic E-state index is 6.80. The number of nitrogens with one attached hydrogen (secondary N) is 1. The molecule has 0 saturated carbocycles. The van der Waals surface area contributed by atoms with Crippen molar-refractivity contribution in [2.75, 3.05) is 13.6 Å². The minimum absolute atomic E-state index is 0.0465. The van der Waals surface area contributed by atoms with Gasteiger partial charge in [-0.15, -0.1) is 11.6 Å². The van der Waals surface area contributed by atoms with Gasteiger partial charge in [0.25, 0.3) is 0 Å². The third-order valence-corrected chi connectivity index (χ3v) is 4.65. The molecule has 0 heterocycles. The van der Waals surface area contributed by atoms with E-state index in [0.29, 0.717) is 0 Å². The molecule has 3 aromatic carbocycles. The molecule has 1 nitrogen and oxygen atoms in total. The van der Waals surface area contributed by atoms with E-state index in [1.165, 1.54) is 16.3 Å². The average molecular weight is 310 g/mol. The van der Waals surface area contributed by atoms with Crippen LogP contribution in [-0.4, -0.2) is 13.6 Å². The zero-order valence-corrected chi connectivity index (χ0v) is 13.4. The van der Waals surface area contributed by atoms with Crippen LogP contribution in [-0.2, 0) is 0 Å². The first-order valence-corrected chi connectivity index (χ1v) is 8.05. The largest absolute Gasteiger partial charge is 0.319 e. The van der Waals surface area contributed by atoms with E-state index in [4.69, 9.17) is 11.6 Å². The fraction of sp³-hybridized carbons (Fsp3) is 0.200. The quantitative estimate of drug-likeness (QED) is 0.645. The van der Waals surface area contributed by atoms with E-state index in [9.17, 15) is 0 Å². The van der Waals surface area contributed by atoms with Crippen LogP contribution in [0, 0.1) is 0 Å². The van der Waals surface area contributed by atoms with Crippen LogP contribution in [0.5, 0.6) is 0 Å². The molecular weight excluding hydrogens is 290 g/mol. The molecule has 0 aliphatic carbocycles. The lowest BCUT2D eigenvalue weighted by Gasteiger charge is -2.23. The number of rotatable bonds is 5. The molecule has 0 aliphatic rings. The van der Waals surface area contributed by atoms with Gasteiger partial charge in [-0.05, 0) is 28.9 Å². The molecule has 0 saturated heterocycles. The Balaban J connectivity index is 1.98. The van der Waals surface area contributed by atoms with Crippen LogP contribution in [0.15, 0.2) is 72.8 Å². The fourth-order valence-corrected chi connectivity index (χ4v) is 3.30. The van der Waals surface area contributed by atoms with E-state index < -0.39 is 0 Å². The summed E-state index contributed by atoms with van der Waals surface area (Å²) in [5.41, 5.74) is 2.44. The van der Waals surface area contributed by atoms with Crippen LogP contribution >= 0.6 is 11.6 Å². The van der Waals surface area contributed by atoms with Crippen molar-refractivity contribution < 1.29 is 0 Å². The van der Waals surface area contributed by atoms with Crippen molar-refractivity contribution in [3.8, 4) is 0 Å². The van der Waals surface area contributed by atoms with Crippen molar-refractivity contribution in [2.24, 2.45) is 0 Å². The van der Waals surface area contributed by atoms with Crippen molar-refractivity contribution in [1.82, 2.24) is 5.32 Å². The van der Waals surface area contributed by atoms with Crippen LogP contribution in [0.25, 0.3) is 10.8 Å². The molecule has 0 amide bonds. The summed E-state index contributed by atoms with van der Waals surface area (Å²) in [4.78, 5) is 0. The van der Waals surface area contributed by atoms with Gasteiger partial charge < -0.3 is 5.32 Å². The molecular formula is C20H20ClN. The highest BCUT2D eigenvalue weighted by Gasteiger charge is 2.22. The summed E-state index contributed by atoms with van der Waals surface area (Å²) in [7, 11) is 1.97. The number of likely N-dealkylation sites (N-methyl/N-ethyl adjacent to an activating group) is 1. The minimum atomic E-state index is -0.0465. The Morgan fingerprint density at radius 3 is 2.23 bits per heavy atom. The van der Waals surface area contributed by atoms with Gasteiger partial charge >= 0.3 is 0 Å². The minimum Gasteiger partial charge on any atom is -0.319 e. The number of benzene rings is 3. The molecule has 2 unspecified atom stereocenters. The predicted molar refractivity (Wildman–Crippen MR) is 95.7 cm³/mol. The molecule has 2 atom stereocenters. The van der Waals surface area contributed by atoms with Crippen molar-refractivity contribution in [3.05, 3.63) is 83.9 Å². The van der Waals surface area contributed by atoms with Gasteiger partial charge in [-0.25, -0.2) is 0 Å². The molecule has 1 N–H and O–H groups in total. The van der Waals surface area contributed by atoms with Gasteiger partial charge in [0.05, 0.1) is 5.38 Å². The van der Waals surface area contributed by atoms with Gasteiger partial charge in [-0.2, -0.15) is 0 Å². The second-order valence-electron chi connectivity index (χ2n) is 5.58. The first-order valence-electron chi connectivity index (χ1n) is 7.62. The average Bonchev–Trinajstić information content (AvgIpc) is 2.59. The molecule has 112 valence electrons. The highest BCUT2D eigenvalue weighted by Crippen LogP contribution is 2.36. The topological polar surface area (TPSA) is 12.0 Å². The number of hydrogen-bond acceptors (Lipinski definition) is 1. The second kappa shape index (κ2) is 6.95. The SMILES string of the molecule is CNCC(c1ccc2ccccc2c1)C(Cl)c1ccccc1. The standard InChI is InChI=1S/C20H20ClN/c1-22-14-19(20(21)16-8-3-2-4-9-16)18-12-11-15-7-5-6-10-17(15)13-18/h2-13,19-20,22H,14H2,1H3. The number of hydrogen-bond donors (Lipinski definition) is 1. The molecule has 3 rings (SSSR count). The van der Waals surface area contributed by atoms with Crippen LogP contribution in [0.3, 0.4) is 0 Å². The normalized spacial score (nSPS) is 13.9. The third-order valence-electron chi connectivity index (χ3n) is 4.10. The predicted octanol–water partition coefficient (Wildman–Crippen LogP) is 5.12. The molecule has 0 fully saturated rings. The van der Waals surface area contributed by atoms with E-state index >= 15 is 0 Å². The maximum Gasteiger partial charge on any atom is 0.0665 e. The van der Waals surface area contributed by atoms with E-state index in [-0.39, 0.29) is 11.3 Å². The first kappa shape index (κ1) is 15.1. The summed E-state index contributed by atoms with van der Waals surface area (Å²) in [6.07, 6.45) is 0. The first-order chi connectivity index (χ1) is 10.8. The molecule has 22 heavy (non-hydrogen) atoms. The molecule has 0 aliphatic heterocycles. The number of halogens is 1. The van der Waals surface area contributed by atoms with Gasteiger partial charge in [0, 0.05) is 12.5 Å². The van der Waals surface area contributed by atoms with Crippen molar-refractivity contribution in [3.63, 3.8) is 0 Å². The Kier molecular flexibility index (Phi) is 4.77. The van der Waals surface area contributed by atoms with Crippen LogP contribution in [0.4, 0.5) is 0 Å². The lowest BCUT2D eigenvalue weighted by atomic mass is 9.90. The molecule has 0 aromatic heterocycles. The Morgan fingerprint density at radius 2 is 1.50 bits per heavy atom. The highest BCUT2D eigenvalue weighted by molar-refractivity contribution is 6.21. The summed E-state index contributed by atoms with van der Waals surface area (Å²) in [5.74, 6) is 0.235. The van der Waals surface area contributed by atoms with Crippen molar-refractivity contribution in [1.29, 1.82) is 0 Å². The third kappa shape index (κ3) is 3.16. The van der Waals surface area contributed by atoms with Crippen LogP contribution in [0.1, 0.15) is 22.4 Å². The Hall–Kier alpha value is -1.83. The molecule has 0 bridgehead atoms. The van der Waals surface area contributed by atoms with Crippen molar-refractivity contribution >= 4 is 22.4 Å². The number of fused-ring (bicyclic) bond motifs is 1. The van der Waals surface area contributed by atoms with E-state index in [1.54, 1.807) is 0 Å². The van der Waals surface area contributed by atoms with E-state index in [2.05, 4.69) is 59.9 Å². The summed E-state index contributed by atoms with van der Waals surface area (Å²) in [5, 5.41) is 5.76. The lowest BCUT2D eigenvalue weighted by molar-refractivity contribution is 0.611. The molecule has 0 spiro atoms. The summed E-state index contributed by atoms with van der Waals surface area (Å²) >= 11 is 6.80. The maximum atomic E-state index is 6.80.